The minimum absolute atomic E-state index is 0.00152. The number of Topliss-reactive ketones (excluding diaryl/α,β-unsaturated/α-hetero) is 1. The Hall–Kier alpha value is -1.46. The van der Waals surface area contributed by atoms with Crippen molar-refractivity contribution in [2.45, 2.75) is 38.5 Å². The van der Waals surface area contributed by atoms with Crippen LogP contribution in [0.15, 0.2) is 34.7 Å². The van der Waals surface area contributed by atoms with Crippen LogP contribution in [0.25, 0.3) is 6.08 Å². The highest BCUT2D eigenvalue weighted by Crippen LogP contribution is 2.66. The fourth-order valence-electron chi connectivity index (χ4n) is 4.12. The van der Waals surface area contributed by atoms with Crippen LogP contribution in [0, 0.1) is 16.7 Å². The normalized spacial score (nSPS) is 31.9. The van der Waals surface area contributed by atoms with E-state index in [9.17, 15) is 17.8 Å². The molecule has 1 aromatic carbocycles. The number of ketones is 1. The molecule has 2 atom stereocenters. The summed E-state index contributed by atoms with van der Waals surface area (Å²) in [6.07, 6.45) is 3.47. The van der Waals surface area contributed by atoms with Gasteiger partial charge in [-0.15, -0.1) is 0 Å². The second-order valence-electron chi connectivity index (χ2n) is 7.08. The number of allylic oxidation sites excluding steroid dienone is 1. The maximum absolute atomic E-state index is 12.7. The molecule has 1 N–H and O–H groups in total. The Morgan fingerprint density at radius 2 is 1.86 bits per heavy atom. The van der Waals surface area contributed by atoms with Crippen LogP contribution in [0.5, 0.6) is 0 Å². The van der Waals surface area contributed by atoms with Gasteiger partial charge in [0.2, 0.25) is 0 Å². The van der Waals surface area contributed by atoms with Gasteiger partial charge in [0.1, 0.15) is 4.90 Å². The first-order valence-electron chi connectivity index (χ1n) is 7.42. The molecule has 5 heteroatoms. The van der Waals surface area contributed by atoms with E-state index < -0.39 is 10.1 Å². The van der Waals surface area contributed by atoms with Crippen LogP contribution in [0.3, 0.4) is 0 Å². The third kappa shape index (κ3) is 1.92. The summed E-state index contributed by atoms with van der Waals surface area (Å²) >= 11 is 0. The first-order valence-corrected chi connectivity index (χ1v) is 8.86. The van der Waals surface area contributed by atoms with E-state index >= 15 is 0 Å². The molecule has 0 radical (unpaired) electrons. The van der Waals surface area contributed by atoms with E-state index in [1.165, 1.54) is 6.07 Å². The van der Waals surface area contributed by atoms with Crippen molar-refractivity contribution in [3.05, 3.63) is 35.4 Å². The van der Waals surface area contributed by atoms with E-state index in [1.54, 1.807) is 24.3 Å². The summed E-state index contributed by atoms with van der Waals surface area (Å²) in [4.78, 5) is 12.5. The fourth-order valence-corrected chi connectivity index (χ4v) is 4.80. The zero-order chi connectivity index (χ0) is 16.3. The van der Waals surface area contributed by atoms with Crippen LogP contribution in [0.4, 0.5) is 0 Å². The van der Waals surface area contributed by atoms with Crippen molar-refractivity contribution in [1.82, 2.24) is 0 Å². The number of benzene rings is 1. The molecule has 2 aliphatic rings. The largest absolute Gasteiger partial charge is 0.295 e. The van der Waals surface area contributed by atoms with E-state index in [0.717, 1.165) is 12.8 Å². The molecule has 0 heterocycles. The molecule has 0 aliphatic heterocycles. The fraction of sp³-hybridized carbons (Fsp3) is 0.471. The van der Waals surface area contributed by atoms with Gasteiger partial charge in [-0.2, -0.15) is 8.42 Å². The molecule has 2 bridgehead atoms. The number of rotatable bonds is 2. The molecule has 3 rings (SSSR count). The second-order valence-corrected chi connectivity index (χ2v) is 8.47. The number of hydrogen-bond donors (Lipinski definition) is 1. The van der Waals surface area contributed by atoms with Crippen molar-refractivity contribution in [1.29, 1.82) is 0 Å². The highest BCUT2D eigenvalue weighted by atomic mass is 32.2. The monoisotopic (exact) mass is 320 g/mol. The highest BCUT2D eigenvalue weighted by Gasteiger charge is 2.63. The Morgan fingerprint density at radius 3 is 2.41 bits per heavy atom. The molecule has 0 amide bonds. The Bertz CT molecular complexity index is 789. The van der Waals surface area contributed by atoms with Crippen molar-refractivity contribution in [2.75, 3.05) is 0 Å². The maximum Gasteiger partial charge on any atom is 0.295 e. The lowest BCUT2D eigenvalue weighted by Gasteiger charge is -2.34. The lowest BCUT2D eigenvalue weighted by molar-refractivity contribution is -0.119. The summed E-state index contributed by atoms with van der Waals surface area (Å²) < 4.78 is 32.4. The maximum atomic E-state index is 12.7. The van der Waals surface area contributed by atoms with E-state index in [-0.39, 0.29) is 27.4 Å². The summed E-state index contributed by atoms with van der Waals surface area (Å²) in [5.41, 5.74) is 0.687. The van der Waals surface area contributed by atoms with Gasteiger partial charge in [0.25, 0.3) is 10.1 Å². The average molecular weight is 320 g/mol. The molecule has 2 unspecified atom stereocenters. The molecule has 2 saturated carbocycles. The first kappa shape index (κ1) is 15.4. The van der Waals surface area contributed by atoms with Crippen molar-refractivity contribution < 1.29 is 17.8 Å². The molecule has 2 fully saturated rings. The lowest BCUT2D eigenvalue weighted by atomic mass is 9.69. The second kappa shape index (κ2) is 4.52. The van der Waals surface area contributed by atoms with Gasteiger partial charge in [0.15, 0.2) is 5.78 Å². The van der Waals surface area contributed by atoms with Crippen LogP contribution in [0.1, 0.15) is 39.2 Å². The van der Waals surface area contributed by atoms with Gasteiger partial charge in [0.05, 0.1) is 0 Å². The SMILES string of the molecule is CC12CCC(C(=O)C1=Cc1ccccc1S(=O)(=O)O)C2(C)C. The van der Waals surface area contributed by atoms with Crippen molar-refractivity contribution in [3.63, 3.8) is 0 Å². The van der Waals surface area contributed by atoms with Gasteiger partial charge in [-0.3, -0.25) is 9.35 Å². The summed E-state index contributed by atoms with van der Waals surface area (Å²) in [7, 11) is -4.31. The Balaban J connectivity index is 2.18. The summed E-state index contributed by atoms with van der Waals surface area (Å²) in [6, 6.07) is 6.23. The van der Waals surface area contributed by atoms with Crippen LogP contribution in [-0.4, -0.2) is 18.8 Å². The van der Waals surface area contributed by atoms with Gasteiger partial charge in [-0.05, 0) is 36.0 Å². The summed E-state index contributed by atoms with van der Waals surface area (Å²) in [5.74, 6) is 0.116. The van der Waals surface area contributed by atoms with Crippen molar-refractivity contribution >= 4 is 22.0 Å². The molecular weight excluding hydrogens is 300 g/mol. The third-order valence-corrected chi connectivity index (χ3v) is 6.83. The molecule has 22 heavy (non-hydrogen) atoms. The zero-order valence-electron chi connectivity index (χ0n) is 13.0. The minimum atomic E-state index is -4.31. The highest BCUT2D eigenvalue weighted by molar-refractivity contribution is 7.85. The first-order chi connectivity index (χ1) is 10.1. The topological polar surface area (TPSA) is 71.4 Å². The minimum Gasteiger partial charge on any atom is -0.294 e. The van der Waals surface area contributed by atoms with Crippen molar-refractivity contribution in [3.8, 4) is 0 Å². The molecule has 0 spiro atoms. The summed E-state index contributed by atoms with van der Waals surface area (Å²) in [6.45, 7) is 6.30. The molecule has 118 valence electrons. The molecule has 4 nitrogen and oxygen atoms in total. The van der Waals surface area contributed by atoms with Crippen LogP contribution in [0.2, 0.25) is 0 Å². The zero-order valence-corrected chi connectivity index (χ0v) is 13.8. The van der Waals surface area contributed by atoms with E-state index in [4.69, 9.17) is 0 Å². The van der Waals surface area contributed by atoms with Gasteiger partial charge in [-0.25, -0.2) is 0 Å². The van der Waals surface area contributed by atoms with Crippen LogP contribution < -0.4 is 0 Å². The van der Waals surface area contributed by atoms with Crippen LogP contribution >= 0.6 is 0 Å². The Morgan fingerprint density at radius 1 is 1.23 bits per heavy atom. The average Bonchev–Trinajstić information content (AvgIpc) is 2.72. The third-order valence-electron chi connectivity index (χ3n) is 5.90. The van der Waals surface area contributed by atoms with Crippen molar-refractivity contribution in [2.24, 2.45) is 16.7 Å². The number of carbonyl (C=O) groups excluding carboxylic acids is 1. The lowest BCUT2D eigenvalue weighted by Crippen LogP contribution is -2.28. The van der Waals surface area contributed by atoms with E-state index in [1.807, 2.05) is 0 Å². The van der Waals surface area contributed by atoms with E-state index in [0.29, 0.717) is 11.1 Å². The standard InChI is InChI=1S/C17H20O4S/c1-16(2)12-8-9-17(16,3)13(15(12)18)10-11-6-4-5-7-14(11)22(19,20)21/h4-7,10,12H,8-9H2,1-3H3,(H,19,20,21). The molecular formula is C17H20O4S. The van der Waals surface area contributed by atoms with Gasteiger partial charge in [-0.1, -0.05) is 39.0 Å². The van der Waals surface area contributed by atoms with Crippen LogP contribution in [-0.2, 0) is 14.9 Å². The number of hydrogen-bond acceptors (Lipinski definition) is 3. The molecule has 0 aromatic heterocycles. The smallest absolute Gasteiger partial charge is 0.294 e. The molecule has 0 saturated heterocycles. The van der Waals surface area contributed by atoms with Gasteiger partial charge in [0, 0.05) is 16.9 Å². The predicted molar refractivity (Wildman–Crippen MR) is 83.9 cm³/mol. The predicted octanol–water partition coefficient (Wildman–Crippen LogP) is 3.34. The Kier molecular flexibility index (Phi) is 3.17. The van der Waals surface area contributed by atoms with Gasteiger partial charge < -0.3 is 0 Å². The molecule has 2 aliphatic carbocycles. The molecule has 1 aromatic rings. The van der Waals surface area contributed by atoms with Gasteiger partial charge >= 0.3 is 0 Å². The van der Waals surface area contributed by atoms with E-state index in [2.05, 4.69) is 20.8 Å². The quantitative estimate of drug-likeness (QED) is 0.670. The number of fused-ring (bicyclic) bond motifs is 2. The summed E-state index contributed by atoms with van der Waals surface area (Å²) in [5, 5.41) is 0. The Labute approximate surface area is 131 Å². The number of carbonyl (C=O) groups is 1.